The summed E-state index contributed by atoms with van der Waals surface area (Å²) in [7, 11) is 0. The molecule has 0 aliphatic heterocycles. The number of nitrogens with zero attached hydrogens (tertiary/aromatic N) is 3. The van der Waals surface area contributed by atoms with E-state index in [0.29, 0.717) is 12.3 Å². The molecule has 0 saturated heterocycles. The smallest absolute Gasteiger partial charge is 0.153 e. The molecule has 3 aromatic rings. The molecule has 106 valence electrons. The Morgan fingerprint density at radius 1 is 1.24 bits per heavy atom. The van der Waals surface area contributed by atoms with Crippen molar-refractivity contribution in [3.05, 3.63) is 66.1 Å². The summed E-state index contributed by atoms with van der Waals surface area (Å²) in [5, 5.41) is 17.2. The van der Waals surface area contributed by atoms with Gasteiger partial charge in [-0.2, -0.15) is 5.10 Å². The van der Waals surface area contributed by atoms with Crippen LogP contribution in [0.15, 0.2) is 55.0 Å². The second-order valence-electron chi connectivity index (χ2n) is 4.84. The van der Waals surface area contributed by atoms with E-state index < -0.39 is 0 Å². The van der Waals surface area contributed by atoms with E-state index >= 15 is 0 Å². The predicted octanol–water partition coefficient (Wildman–Crippen LogP) is 2.89. The van der Waals surface area contributed by atoms with Crippen LogP contribution < -0.4 is 5.32 Å². The molecule has 1 aromatic carbocycles. The molecule has 0 amide bonds. The van der Waals surface area contributed by atoms with Gasteiger partial charge in [0.15, 0.2) is 5.82 Å². The lowest BCUT2D eigenvalue weighted by Crippen LogP contribution is -2.02. The number of hydrogen-bond donors (Lipinski definition) is 2. The van der Waals surface area contributed by atoms with Gasteiger partial charge in [-0.3, -0.25) is 0 Å². The standard InChI is InChI=1S/C16H16N4O/c1-12-3-5-15(21)13(9-12)10-17-14-4-6-16(18-11-14)20-8-2-7-19-20/h2-9,11,17,21H,10H2,1H3. The highest BCUT2D eigenvalue weighted by Crippen LogP contribution is 2.19. The molecule has 0 saturated carbocycles. The Bertz CT molecular complexity index is 721. The van der Waals surface area contributed by atoms with Gasteiger partial charge in [0.2, 0.25) is 0 Å². The van der Waals surface area contributed by atoms with Crippen LogP contribution in [0.25, 0.3) is 5.82 Å². The third-order valence-corrected chi connectivity index (χ3v) is 3.20. The summed E-state index contributed by atoms with van der Waals surface area (Å²) in [6, 6.07) is 11.3. The number of aromatic nitrogens is 3. The lowest BCUT2D eigenvalue weighted by atomic mass is 10.1. The molecule has 5 heteroatoms. The number of benzene rings is 1. The van der Waals surface area contributed by atoms with E-state index in [-0.39, 0.29) is 0 Å². The summed E-state index contributed by atoms with van der Waals surface area (Å²) >= 11 is 0. The van der Waals surface area contributed by atoms with Crippen LogP contribution in [0.4, 0.5) is 5.69 Å². The summed E-state index contributed by atoms with van der Waals surface area (Å²) in [5.74, 6) is 1.07. The van der Waals surface area contributed by atoms with Crippen molar-refractivity contribution < 1.29 is 5.11 Å². The summed E-state index contributed by atoms with van der Waals surface area (Å²) in [6.45, 7) is 2.56. The van der Waals surface area contributed by atoms with Gasteiger partial charge in [0.05, 0.1) is 11.9 Å². The number of pyridine rings is 1. The molecule has 0 radical (unpaired) electrons. The Morgan fingerprint density at radius 2 is 2.14 bits per heavy atom. The van der Waals surface area contributed by atoms with Gasteiger partial charge in [-0.1, -0.05) is 17.7 Å². The number of phenolic OH excluding ortho intramolecular Hbond substituents is 1. The molecule has 2 heterocycles. The van der Waals surface area contributed by atoms with Gasteiger partial charge in [-0.15, -0.1) is 0 Å². The minimum atomic E-state index is 0.300. The summed E-state index contributed by atoms with van der Waals surface area (Å²) in [4.78, 5) is 4.35. The number of hydrogen-bond acceptors (Lipinski definition) is 4. The van der Waals surface area contributed by atoms with E-state index in [1.807, 2.05) is 43.5 Å². The van der Waals surface area contributed by atoms with Gasteiger partial charge < -0.3 is 10.4 Å². The van der Waals surface area contributed by atoms with E-state index in [0.717, 1.165) is 22.6 Å². The molecule has 21 heavy (non-hydrogen) atoms. The largest absolute Gasteiger partial charge is 0.508 e. The van der Waals surface area contributed by atoms with Crippen LogP contribution in [-0.2, 0) is 6.54 Å². The van der Waals surface area contributed by atoms with Crippen LogP contribution >= 0.6 is 0 Å². The monoisotopic (exact) mass is 280 g/mol. The fourth-order valence-corrected chi connectivity index (χ4v) is 2.08. The van der Waals surface area contributed by atoms with E-state index in [9.17, 15) is 5.11 Å². The third-order valence-electron chi connectivity index (χ3n) is 3.20. The van der Waals surface area contributed by atoms with Crippen LogP contribution in [0.1, 0.15) is 11.1 Å². The Balaban J connectivity index is 1.70. The summed E-state index contributed by atoms with van der Waals surface area (Å²) < 4.78 is 1.70. The van der Waals surface area contributed by atoms with Crippen molar-refractivity contribution in [2.75, 3.05) is 5.32 Å². The molecule has 0 atom stereocenters. The maximum Gasteiger partial charge on any atom is 0.153 e. The van der Waals surface area contributed by atoms with Gasteiger partial charge in [0.1, 0.15) is 5.75 Å². The normalized spacial score (nSPS) is 10.5. The van der Waals surface area contributed by atoms with Crippen molar-refractivity contribution in [1.82, 2.24) is 14.8 Å². The van der Waals surface area contributed by atoms with Crippen LogP contribution in [-0.4, -0.2) is 19.9 Å². The molecular weight excluding hydrogens is 264 g/mol. The van der Waals surface area contributed by atoms with Crippen molar-refractivity contribution in [3.63, 3.8) is 0 Å². The molecule has 5 nitrogen and oxygen atoms in total. The number of phenols is 1. The molecular formula is C16H16N4O. The molecule has 0 spiro atoms. The quantitative estimate of drug-likeness (QED) is 0.771. The zero-order valence-electron chi connectivity index (χ0n) is 11.7. The maximum atomic E-state index is 9.81. The Labute approximate surface area is 122 Å². The highest BCUT2D eigenvalue weighted by molar-refractivity contribution is 5.46. The van der Waals surface area contributed by atoms with Crippen LogP contribution in [0.5, 0.6) is 5.75 Å². The van der Waals surface area contributed by atoms with Gasteiger partial charge in [-0.25, -0.2) is 9.67 Å². The Hall–Kier alpha value is -2.82. The van der Waals surface area contributed by atoms with Gasteiger partial charge in [0.25, 0.3) is 0 Å². The second-order valence-corrected chi connectivity index (χ2v) is 4.84. The maximum absolute atomic E-state index is 9.81. The molecule has 3 rings (SSSR count). The first-order chi connectivity index (χ1) is 10.2. The van der Waals surface area contributed by atoms with Gasteiger partial charge in [-0.05, 0) is 31.2 Å². The second kappa shape index (κ2) is 5.66. The van der Waals surface area contributed by atoms with Crippen LogP contribution in [0.2, 0.25) is 0 Å². The van der Waals surface area contributed by atoms with Crippen molar-refractivity contribution in [1.29, 1.82) is 0 Å². The van der Waals surface area contributed by atoms with Crippen LogP contribution in [0.3, 0.4) is 0 Å². The minimum absolute atomic E-state index is 0.300. The molecule has 0 unspecified atom stereocenters. The zero-order valence-corrected chi connectivity index (χ0v) is 11.7. The molecule has 0 aliphatic rings. The molecule has 0 aliphatic carbocycles. The number of anilines is 1. The van der Waals surface area contributed by atoms with E-state index in [2.05, 4.69) is 15.4 Å². The van der Waals surface area contributed by atoms with Crippen molar-refractivity contribution in [3.8, 4) is 11.6 Å². The van der Waals surface area contributed by atoms with Crippen LogP contribution in [0, 0.1) is 6.92 Å². The highest BCUT2D eigenvalue weighted by atomic mass is 16.3. The van der Waals surface area contributed by atoms with Gasteiger partial charge >= 0.3 is 0 Å². The summed E-state index contributed by atoms with van der Waals surface area (Å²) in [6.07, 6.45) is 5.32. The average molecular weight is 280 g/mol. The number of aryl methyl sites for hydroxylation is 1. The fourth-order valence-electron chi connectivity index (χ4n) is 2.08. The van der Waals surface area contributed by atoms with E-state index in [4.69, 9.17) is 0 Å². The third kappa shape index (κ3) is 3.02. The SMILES string of the molecule is Cc1ccc(O)c(CNc2ccc(-n3cccn3)nc2)c1. The zero-order chi connectivity index (χ0) is 14.7. The first kappa shape index (κ1) is 13.2. The van der Waals surface area contributed by atoms with Crippen molar-refractivity contribution in [2.24, 2.45) is 0 Å². The molecule has 2 N–H and O–H groups in total. The predicted molar refractivity (Wildman–Crippen MR) is 81.5 cm³/mol. The lowest BCUT2D eigenvalue weighted by molar-refractivity contribution is 0.469. The number of nitrogens with one attached hydrogen (secondary N) is 1. The average Bonchev–Trinajstić information content (AvgIpc) is 3.03. The van der Waals surface area contributed by atoms with Crippen molar-refractivity contribution >= 4 is 5.69 Å². The minimum Gasteiger partial charge on any atom is -0.508 e. The Morgan fingerprint density at radius 3 is 2.86 bits per heavy atom. The number of aromatic hydroxyl groups is 1. The van der Waals surface area contributed by atoms with E-state index in [1.165, 1.54) is 0 Å². The molecule has 2 aromatic heterocycles. The Kier molecular flexibility index (Phi) is 3.55. The summed E-state index contributed by atoms with van der Waals surface area (Å²) in [5.41, 5.74) is 2.88. The first-order valence-corrected chi connectivity index (χ1v) is 6.71. The lowest BCUT2D eigenvalue weighted by Gasteiger charge is -2.09. The number of rotatable bonds is 4. The first-order valence-electron chi connectivity index (χ1n) is 6.71. The van der Waals surface area contributed by atoms with Crippen molar-refractivity contribution in [2.45, 2.75) is 13.5 Å². The topological polar surface area (TPSA) is 63.0 Å². The fraction of sp³-hybridized carbons (Fsp3) is 0.125. The highest BCUT2D eigenvalue weighted by Gasteiger charge is 2.02. The van der Waals surface area contributed by atoms with E-state index in [1.54, 1.807) is 23.1 Å². The molecule has 0 bridgehead atoms. The van der Waals surface area contributed by atoms with Gasteiger partial charge in [0, 0.05) is 24.5 Å². The molecule has 0 fully saturated rings.